The van der Waals surface area contributed by atoms with E-state index in [0.717, 1.165) is 28.9 Å². The van der Waals surface area contributed by atoms with Crippen molar-refractivity contribution in [3.05, 3.63) is 83.3 Å². The first kappa shape index (κ1) is 15.5. The smallest absolute Gasteiger partial charge is 0.0991 e. The molecule has 1 heterocycles. The number of hydrogen-bond donors (Lipinski definition) is 1. The van der Waals surface area contributed by atoms with Gasteiger partial charge >= 0.3 is 0 Å². The molecule has 0 bridgehead atoms. The highest BCUT2D eigenvalue weighted by molar-refractivity contribution is 5.76. The maximum absolute atomic E-state index is 8.90. The van der Waals surface area contributed by atoms with Crippen molar-refractivity contribution >= 4 is 5.57 Å². The van der Waals surface area contributed by atoms with Gasteiger partial charge in [-0.15, -0.1) is 0 Å². The molecular weight excluding hydrogens is 270 g/mol. The van der Waals surface area contributed by atoms with Crippen LogP contribution < -0.4 is 5.32 Å². The number of nitrogens with one attached hydrogen (secondary N) is 1. The van der Waals surface area contributed by atoms with E-state index in [-0.39, 0.29) is 0 Å². The zero-order chi connectivity index (χ0) is 15.8. The van der Waals surface area contributed by atoms with Crippen LogP contribution in [0, 0.1) is 11.3 Å². The predicted octanol–water partition coefficient (Wildman–Crippen LogP) is 4.05. The summed E-state index contributed by atoms with van der Waals surface area (Å²) in [6.07, 6.45) is 7.72. The molecule has 1 N–H and O–H groups in total. The lowest BCUT2D eigenvalue weighted by atomic mass is 10.0. The number of pyridine rings is 1. The van der Waals surface area contributed by atoms with Crippen LogP contribution in [0.3, 0.4) is 0 Å². The number of rotatable bonds is 5. The second-order valence-electron chi connectivity index (χ2n) is 4.94. The van der Waals surface area contributed by atoms with E-state index < -0.39 is 0 Å². The largest absolute Gasteiger partial charge is 0.384 e. The molecule has 1 aromatic carbocycles. The van der Waals surface area contributed by atoms with Crippen molar-refractivity contribution in [1.29, 1.82) is 5.26 Å². The van der Waals surface area contributed by atoms with Gasteiger partial charge in [0.15, 0.2) is 0 Å². The SMILES string of the molecule is C/C=C/C(=C(/C)NCc1cccnc1)c1ccc(C#N)cc1. The third-order valence-corrected chi connectivity index (χ3v) is 3.34. The van der Waals surface area contributed by atoms with Gasteiger partial charge in [-0.25, -0.2) is 0 Å². The maximum Gasteiger partial charge on any atom is 0.0991 e. The van der Waals surface area contributed by atoms with Gasteiger partial charge in [0, 0.05) is 24.6 Å². The number of allylic oxidation sites excluding steroid dienone is 4. The van der Waals surface area contributed by atoms with Gasteiger partial charge in [0.2, 0.25) is 0 Å². The van der Waals surface area contributed by atoms with E-state index >= 15 is 0 Å². The molecule has 0 spiro atoms. The summed E-state index contributed by atoms with van der Waals surface area (Å²) in [5.41, 5.74) is 5.11. The van der Waals surface area contributed by atoms with Gasteiger partial charge in [0.1, 0.15) is 0 Å². The number of hydrogen-bond acceptors (Lipinski definition) is 3. The van der Waals surface area contributed by atoms with Crippen LogP contribution in [-0.2, 0) is 6.54 Å². The molecule has 0 atom stereocenters. The fourth-order valence-electron chi connectivity index (χ4n) is 2.16. The molecule has 2 rings (SSSR count). The number of nitrogens with zero attached hydrogens (tertiary/aromatic N) is 2. The summed E-state index contributed by atoms with van der Waals surface area (Å²) in [6, 6.07) is 13.8. The van der Waals surface area contributed by atoms with Crippen LogP contribution in [0.25, 0.3) is 5.57 Å². The van der Waals surface area contributed by atoms with Gasteiger partial charge in [-0.05, 0) is 48.7 Å². The van der Waals surface area contributed by atoms with Crippen molar-refractivity contribution in [2.75, 3.05) is 0 Å². The van der Waals surface area contributed by atoms with Gasteiger partial charge in [-0.2, -0.15) is 5.26 Å². The topological polar surface area (TPSA) is 48.7 Å². The Kier molecular flexibility index (Phi) is 5.50. The molecule has 0 radical (unpaired) electrons. The molecule has 1 aromatic heterocycles. The van der Waals surface area contributed by atoms with Crippen molar-refractivity contribution in [3.63, 3.8) is 0 Å². The van der Waals surface area contributed by atoms with Gasteiger partial charge in [0.05, 0.1) is 11.6 Å². The molecular formula is C19H19N3. The minimum atomic E-state index is 0.671. The minimum absolute atomic E-state index is 0.671. The molecule has 22 heavy (non-hydrogen) atoms. The lowest BCUT2D eigenvalue weighted by molar-refractivity contribution is 0.811. The normalized spacial score (nSPS) is 11.9. The second-order valence-corrected chi connectivity index (χ2v) is 4.94. The van der Waals surface area contributed by atoms with Crippen LogP contribution in [0.2, 0.25) is 0 Å². The average Bonchev–Trinajstić information content (AvgIpc) is 2.58. The average molecular weight is 289 g/mol. The van der Waals surface area contributed by atoms with E-state index in [1.54, 1.807) is 6.20 Å². The van der Waals surface area contributed by atoms with Crippen LogP contribution in [0.1, 0.15) is 30.5 Å². The van der Waals surface area contributed by atoms with Crippen LogP contribution in [-0.4, -0.2) is 4.98 Å². The van der Waals surface area contributed by atoms with Crippen LogP contribution >= 0.6 is 0 Å². The molecule has 0 amide bonds. The van der Waals surface area contributed by atoms with E-state index in [1.165, 1.54) is 0 Å². The quantitative estimate of drug-likeness (QED) is 0.845. The standard InChI is InChI=1S/C19H19N3/c1-3-5-19(18-9-7-16(12-20)8-10-18)15(2)22-14-17-6-4-11-21-13-17/h3-11,13,22H,14H2,1-2H3/b5-3+,19-15+. The third kappa shape index (κ3) is 4.07. The molecule has 110 valence electrons. The zero-order valence-corrected chi connectivity index (χ0v) is 12.9. The Morgan fingerprint density at radius 3 is 2.64 bits per heavy atom. The Balaban J connectivity index is 2.22. The molecule has 3 heteroatoms. The van der Waals surface area contributed by atoms with Crippen molar-refractivity contribution in [1.82, 2.24) is 10.3 Å². The minimum Gasteiger partial charge on any atom is -0.384 e. The highest BCUT2D eigenvalue weighted by Gasteiger charge is 2.03. The Morgan fingerprint density at radius 1 is 1.27 bits per heavy atom. The summed E-state index contributed by atoms with van der Waals surface area (Å²) in [5.74, 6) is 0. The van der Waals surface area contributed by atoms with Gasteiger partial charge in [-0.3, -0.25) is 4.98 Å². The van der Waals surface area contributed by atoms with Crippen LogP contribution in [0.15, 0.2) is 66.6 Å². The second kappa shape index (κ2) is 7.80. The first-order chi connectivity index (χ1) is 10.7. The summed E-state index contributed by atoms with van der Waals surface area (Å²) in [5, 5.41) is 12.3. The van der Waals surface area contributed by atoms with Crippen molar-refractivity contribution in [2.24, 2.45) is 0 Å². The molecule has 3 nitrogen and oxygen atoms in total. The molecule has 0 aliphatic carbocycles. The Morgan fingerprint density at radius 2 is 2.05 bits per heavy atom. The summed E-state index contributed by atoms with van der Waals surface area (Å²) >= 11 is 0. The highest BCUT2D eigenvalue weighted by atomic mass is 14.9. The van der Waals surface area contributed by atoms with Crippen molar-refractivity contribution < 1.29 is 0 Å². The lowest BCUT2D eigenvalue weighted by Crippen LogP contribution is -2.12. The number of aromatic nitrogens is 1. The van der Waals surface area contributed by atoms with E-state index in [4.69, 9.17) is 5.26 Å². The van der Waals surface area contributed by atoms with Crippen molar-refractivity contribution in [3.8, 4) is 6.07 Å². The fraction of sp³-hybridized carbons (Fsp3) is 0.158. The molecule has 0 unspecified atom stereocenters. The molecule has 2 aromatic rings. The summed E-state index contributed by atoms with van der Waals surface area (Å²) in [4.78, 5) is 4.12. The summed E-state index contributed by atoms with van der Waals surface area (Å²) in [6.45, 7) is 4.79. The summed E-state index contributed by atoms with van der Waals surface area (Å²) < 4.78 is 0. The first-order valence-corrected chi connectivity index (χ1v) is 7.21. The number of nitriles is 1. The predicted molar refractivity (Wildman–Crippen MR) is 89.6 cm³/mol. The zero-order valence-electron chi connectivity index (χ0n) is 12.9. The maximum atomic E-state index is 8.90. The number of benzene rings is 1. The molecule has 0 aliphatic rings. The lowest BCUT2D eigenvalue weighted by Gasteiger charge is -2.12. The molecule has 0 saturated carbocycles. The molecule has 0 aliphatic heterocycles. The molecule has 0 fully saturated rings. The van der Waals surface area contributed by atoms with Gasteiger partial charge in [0.25, 0.3) is 0 Å². The fourth-order valence-corrected chi connectivity index (χ4v) is 2.16. The van der Waals surface area contributed by atoms with Gasteiger partial charge in [-0.1, -0.05) is 30.4 Å². The highest BCUT2D eigenvalue weighted by Crippen LogP contribution is 2.20. The Labute approximate surface area is 131 Å². The monoisotopic (exact) mass is 289 g/mol. The third-order valence-electron chi connectivity index (χ3n) is 3.34. The van der Waals surface area contributed by atoms with E-state index in [9.17, 15) is 0 Å². The Bertz CT molecular complexity index is 705. The first-order valence-electron chi connectivity index (χ1n) is 7.21. The summed E-state index contributed by atoms with van der Waals surface area (Å²) in [7, 11) is 0. The van der Waals surface area contributed by atoms with Crippen molar-refractivity contribution in [2.45, 2.75) is 20.4 Å². The molecule has 0 saturated heterocycles. The van der Waals surface area contributed by atoms with E-state index in [2.05, 4.69) is 29.4 Å². The van der Waals surface area contributed by atoms with Crippen LogP contribution in [0.4, 0.5) is 0 Å². The van der Waals surface area contributed by atoms with Gasteiger partial charge < -0.3 is 5.32 Å². The van der Waals surface area contributed by atoms with Crippen LogP contribution in [0.5, 0.6) is 0 Å². The Hall–Kier alpha value is -2.86. The van der Waals surface area contributed by atoms with E-state index in [0.29, 0.717) is 5.56 Å². The van der Waals surface area contributed by atoms with E-state index in [1.807, 2.05) is 55.6 Å².